The first-order chi connectivity index (χ1) is 12.2. The molecule has 10 heteroatoms. The molecule has 0 atom stereocenters. The maximum Gasteiger partial charge on any atom is 0.339 e. The van der Waals surface area contributed by atoms with Crippen molar-refractivity contribution >= 4 is 29.7 Å². The molecule has 0 fully saturated rings. The van der Waals surface area contributed by atoms with Gasteiger partial charge in [0.2, 0.25) is 0 Å². The van der Waals surface area contributed by atoms with Gasteiger partial charge in [-0.2, -0.15) is 10.3 Å². The molecule has 0 bridgehead atoms. The fourth-order valence-electron chi connectivity index (χ4n) is 1.98. The summed E-state index contributed by atoms with van der Waals surface area (Å²) in [5, 5.41) is 17.3. The van der Waals surface area contributed by atoms with E-state index in [1.165, 1.54) is 6.21 Å². The largest absolute Gasteiger partial charge is 0.462 e. The number of hydrogen-bond donors (Lipinski definition) is 2. The van der Waals surface area contributed by atoms with Gasteiger partial charge in [-0.1, -0.05) is 16.7 Å². The van der Waals surface area contributed by atoms with Gasteiger partial charge in [-0.05, 0) is 42.5 Å². The number of anilines is 1. The minimum absolute atomic E-state index is 0.236. The third kappa shape index (κ3) is 4.01. The molecular weight excluding hydrogens is 348 g/mol. The monoisotopic (exact) mass is 360 g/mol. The predicted octanol–water partition coefficient (Wildman–Crippen LogP) is 2.74. The number of esters is 1. The van der Waals surface area contributed by atoms with Gasteiger partial charge in [0.1, 0.15) is 11.5 Å². The normalized spacial score (nSPS) is 11.0. The van der Waals surface area contributed by atoms with E-state index in [-0.39, 0.29) is 18.1 Å². The van der Waals surface area contributed by atoms with Crippen LogP contribution in [0.4, 0.5) is 5.95 Å². The van der Waals surface area contributed by atoms with E-state index >= 15 is 0 Å². The van der Waals surface area contributed by atoms with Gasteiger partial charge < -0.3 is 9.15 Å². The number of tetrazole rings is 1. The second-order valence-electron chi connectivity index (χ2n) is 4.72. The molecule has 1 aromatic carbocycles. The van der Waals surface area contributed by atoms with Gasteiger partial charge in [-0.25, -0.2) is 10.2 Å². The number of carbonyl (C=O) groups is 1. The van der Waals surface area contributed by atoms with E-state index in [4.69, 9.17) is 20.8 Å². The first kappa shape index (κ1) is 16.7. The third-order valence-corrected chi connectivity index (χ3v) is 3.40. The van der Waals surface area contributed by atoms with Crippen LogP contribution >= 0.6 is 11.6 Å². The number of rotatable bonds is 6. The van der Waals surface area contributed by atoms with Crippen LogP contribution in [0.1, 0.15) is 23.0 Å². The SMILES string of the molecule is CCOC(=O)c1cc(-c2ccc(/C=N/Nc3nn[nH]n3)o2)ccc1Cl. The van der Waals surface area contributed by atoms with E-state index in [1.54, 1.807) is 37.3 Å². The number of H-pyrrole nitrogens is 1. The number of aromatic nitrogens is 4. The molecule has 2 heterocycles. The number of aromatic amines is 1. The zero-order chi connectivity index (χ0) is 17.6. The van der Waals surface area contributed by atoms with Crippen LogP contribution in [0.15, 0.2) is 39.9 Å². The quantitative estimate of drug-likeness (QED) is 0.394. The predicted molar refractivity (Wildman–Crippen MR) is 90.5 cm³/mol. The van der Waals surface area contributed by atoms with E-state index in [0.717, 1.165) is 0 Å². The topological polar surface area (TPSA) is 118 Å². The van der Waals surface area contributed by atoms with Crippen LogP contribution in [-0.2, 0) is 4.74 Å². The van der Waals surface area contributed by atoms with E-state index < -0.39 is 5.97 Å². The van der Waals surface area contributed by atoms with Gasteiger partial charge in [-0.3, -0.25) is 0 Å². The second kappa shape index (κ2) is 7.58. The fraction of sp³-hybridized carbons (Fsp3) is 0.133. The van der Waals surface area contributed by atoms with Crippen molar-refractivity contribution in [3.63, 3.8) is 0 Å². The van der Waals surface area contributed by atoms with Crippen molar-refractivity contribution in [2.75, 3.05) is 12.0 Å². The second-order valence-corrected chi connectivity index (χ2v) is 5.13. The summed E-state index contributed by atoms with van der Waals surface area (Å²) in [6, 6.07) is 8.49. The molecule has 3 aromatic rings. The number of carbonyl (C=O) groups excluding carboxylic acids is 1. The van der Waals surface area contributed by atoms with Gasteiger partial charge in [0.25, 0.3) is 5.95 Å². The summed E-state index contributed by atoms with van der Waals surface area (Å²) in [6.45, 7) is 2.00. The summed E-state index contributed by atoms with van der Waals surface area (Å²) in [5.41, 5.74) is 3.56. The molecule has 0 saturated heterocycles. The molecule has 0 amide bonds. The number of nitrogens with zero attached hydrogens (tertiary/aromatic N) is 4. The number of nitrogens with one attached hydrogen (secondary N) is 2. The fourth-order valence-corrected chi connectivity index (χ4v) is 2.18. The Morgan fingerprint density at radius 2 is 2.32 bits per heavy atom. The molecule has 0 saturated carbocycles. The lowest BCUT2D eigenvalue weighted by atomic mass is 10.1. The zero-order valence-electron chi connectivity index (χ0n) is 13.1. The number of benzene rings is 1. The van der Waals surface area contributed by atoms with Crippen LogP contribution in [-0.4, -0.2) is 39.4 Å². The highest BCUT2D eigenvalue weighted by molar-refractivity contribution is 6.33. The lowest BCUT2D eigenvalue weighted by Gasteiger charge is -2.05. The summed E-state index contributed by atoms with van der Waals surface area (Å²) < 4.78 is 10.7. The maximum atomic E-state index is 11.9. The van der Waals surface area contributed by atoms with Crippen molar-refractivity contribution in [3.05, 3.63) is 46.7 Å². The van der Waals surface area contributed by atoms with E-state index in [2.05, 4.69) is 31.2 Å². The van der Waals surface area contributed by atoms with Gasteiger partial charge in [0.05, 0.1) is 23.4 Å². The molecule has 0 spiro atoms. The lowest BCUT2D eigenvalue weighted by Crippen LogP contribution is -2.05. The molecule has 0 radical (unpaired) electrons. The van der Waals surface area contributed by atoms with Crippen LogP contribution in [0.25, 0.3) is 11.3 Å². The van der Waals surface area contributed by atoms with Gasteiger partial charge in [0, 0.05) is 5.56 Å². The molecule has 2 aromatic heterocycles. The first-order valence-electron chi connectivity index (χ1n) is 7.26. The average Bonchev–Trinajstić information content (AvgIpc) is 3.27. The Morgan fingerprint density at radius 3 is 3.08 bits per heavy atom. The number of hydrogen-bond acceptors (Lipinski definition) is 8. The summed E-state index contributed by atoms with van der Waals surface area (Å²) in [5.74, 6) is 0.814. The average molecular weight is 361 g/mol. The van der Waals surface area contributed by atoms with E-state index in [0.29, 0.717) is 22.1 Å². The van der Waals surface area contributed by atoms with Gasteiger partial charge >= 0.3 is 5.97 Å². The zero-order valence-corrected chi connectivity index (χ0v) is 13.8. The Bertz CT molecular complexity index is 891. The Balaban J connectivity index is 1.76. The minimum Gasteiger partial charge on any atom is -0.462 e. The molecule has 0 aliphatic carbocycles. The molecule has 0 aliphatic rings. The van der Waals surface area contributed by atoms with Crippen LogP contribution in [0.2, 0.25) is 5.02 Å². The summed E-state index contributed by atoms with van der Waals surface area (Å²) in [6.07, 6.45) is 1.46. The Labute approximate surface area is 147 Å². The molecular formula is C15H13ClN6O3. The van der Waals surface area contributed by atoms with Crippen LogP contribution < -0.4 is 5.43 Å². The Kier molecular flexibility index (Phi) is 5.05. The van der Waals surface area contributed by atoms with Crippen molar-refractivity contribution in [1.82, 2.24) is 20.6 Å². The van der Waals surface area contributed by atoms with Crippen LogP contribution in [0.3, 0.4) is 0 Å². The number of furan rings is 1. The van der Waals surface area contributed by atoms with E-state index in [9.17, 15) is 4.79 Å². The minimum atomic E-state index is -0.480. The summed E-state index contributed by atoms with van der Waals surface area (Å²) >= 11 is 6.06. The van der Waals surface area contributed by atoms with Gasteiger partial charge in [-0.15, -0.1) is 5.10 Å². The molecule has 2 N–H and O–H groups in total. The maximum absolute atomic E-state index is 11.9. The smallest absolute Gasteiger partial charge is 0.339 e. The summed E-state index contributed by atoms with van der Waals surface area (Å²) in [7, 11) is 0. The third-order valence-electron chi connectivity index (χ3n) is 3.07. The Morgan fingerprint density at radius 1 is 1.44 bits per heavy atom. The molecule has 128 valence electrons. The van der Waals surface area contributed by atoms with E-state index in [1.807, 2.05) is 0 Å². The van der Waals surface area contributed by atoms with Gasteiger partial charge in [0.15, 0.2) is 0 Å². The number of hydrazone groups is 1. The van der Waals surface area contributed by atoms with Crippen molar-refractivity contribution in [3.8, 4) is 11.3 Å². The highest BCUT2D eigenvalue weighted by atomic mass is 35.5. The molecule has 3 rings (SSSR count). The lowest BCUT2D eigenvalue weighted by molar-refractivity contribution is 0.0526. The van der Waals surface area contributed by atoms with Crippen LogP contribution in [0.5, 0.6) is 0 Å². The Hall–Kier alpha value is -3.20. The van der Waals surface area contributed by atoms with Crippen molar-refractivity contribution in [2.24, 2.45) is 5.10 Å². The van der Waals surface area contributed by atoms with Crippen LogP contribution in [0, 0.1) is 0 Å². The molecule has 0 unspecified atom stereocenters. The number of ether oxygens (including phenoxy) is 1. The standard InChI is InChI=1S/C15H13ClN6O3/c1-2-24-14(23)11-7-9(3-5-12(11)16)13-6-4-10(25-13)8-17-18-15-19-21-22-20-15/h3-8H,2H2,1H3,(H2,18,19,20,21,22)/b17-8+. The molecule has 25 heavy (non-hydrogen) atoms. The molecule has 0 aliphatic heterocycles. The number of halogens is 1. The van der Waals surface area contributed by atoms with Crippen molar-refractivity contribution in [1.29, 1.82) is 0 Å². The highest BCUT2D eigenvalue weighted by Crippen LogP contribution is 2.27. The van der Waals surface area contributed by atoms with Crippen molar-refractivity contribution < 1.29 is 13.9 Å². The van der Waals surface area contributed by atoms with Crippen molar-refractivity contribution in [2.45, 2.75) is 6.92 Å². The summed E-state index contributed by atoms with van der Waals surface area (Å²) in [4.78, 5) is 11.9. The highest BCUT2D eigenvalue weighted by Gasteiger charge is 2.14. The molecule has 9 nitrogen and oxygen atoms in total. The first-order valence-corrected chi connectivity index (χ1v) is 7.64.